The second kappa shape index (κ2) is 8.32. The molecule has 0 bridgehead atoms. The third kappa shape index (κ3) is 4.32. The molecule has 7 nitrogen and oxygen atoms in total. The molecule has 8 heteroatoms. The summed E-state index contributed by atoms with van der Waals surface area (Å²) in [6.07, 6.45) is 4.85. The van der Waals surface area contributed by atoms with Gasteiger partial charge in [-0.2, -0.15) is 0 Å². The SMILES string of the molecule is Cn1ccnc1CN1CCCN(C(=O)C2CC(=O)N(c3ccc(F)cc3)C2)CC1. The molecule has 154 valence electrons. The van der Waals surface area contributed by atoms with Crippen LogP contribution in [0.2, 0.25) is 0 Å². The molecule has 2 aliphatic heterocycles. The van der Waals surface area contributed by atoms with Crippen molar-refractivity contribution >= 4 is 17.5 Å². The van der Waals surface area contributed by atoms with Crippen LogP contribution >= 0.6 is 0 Å². The summed E-state index contributed by atoms with van der Waals surface area (Å²) in [6.45, 7) is 4.20. The predicted octanol–water partition coefficient (Wildman–Crippen LogP) is 1.65. The van der Waals surface area contributed by atoms with E-state index in [0.717, 1.165) is 31.9 Å². The van der Waals surface area contributed by atoms with E-state index in [4.69, 9.17) is 0 Å². The number of carbonyl (C=O) groups is 2. The molecule has 0 N–H and O–H groups in total. The Bertz CT molecular complexity index is 881. The standard InChI is InChI=1S/C21H26FN5O2/c1-24-10-7-23-19(24)15-25-8-2-9-26(12-11-25)21(29)16-13-20(28)27(14-16)18-5-3-17(22)4-6-18/h3-7,10,16H,2,8-9,11-15H2,1H3. The van der Waals surface area contributed by atoms with E-state index in [9.17, 15) is 14.0 Å². The van der Waals surface area contributed by atoms with Gasteiger partial charge in [0.05, 0.1) is 12.5 Å². The molecular weight excluding hydrogens is 373 g/mol. The second-order valence-electron chi connectivity index (χ2n) is 7.79. The number of nitrogens with zero attached hydrogens (tertiary/aromatic N) is 5. The molecule has 2 fully saturated rings. The Kier molecular flexibility index (Phi) is 5.62. The fraction of sp³-hybridized carbons (Fsp3) is 0.476. The van der Waals surface area contributed by atoms with Gasteiger partial charge in [0.2, 0.25) is 11.8 Å². The van der Waals surface area contributed by atoms with Crippen LogP contribution in [-0.4, -0.2) is 63.9 Å². The minimum atomic E-state index is -0.340. The van der Waals surface area contributed by atoms with Crippen LogP contribution in [0.3, 0.4) is 0 Å². The number of amides is 2. The molecule has 4 rings (SSSR count). The smallest absolute Gasteiger partial charge is 0.228 e. The second-order valence-corrected chi connectivity index (χ2v) is 7.79. The number of imidazole rings is 1. The summed E-state index contributed by atoms with van der Waals surface area (Å²) in [5.74, 6) is 0.297. The Morgan fingerprint density at radius 1 is 1.17 bits per heavy atom. The molecule has 1 aromatic carbocycles. The molecule has 1 atom stereocenters. The summed E-state index contributed by atoms with van der Waals surface area (Å²) in [5.41, 5.74) is 0.642. The minimum absolute atomic E-state index is 0.0433. The summed E-state index contributed by atoms with van der Waals surface area (Å²) in [5, 5.41) is 0. The largest absolute Gasteiger partial charge is 0.341 e. The lowest BCUT2D eigenvalue weighted by Gasteiger charge is -2.24. The van der Waals surface area contributed by atoms with Crippen molar-refractivity contribution < 1.29 is 14.0 Å². The van der Waals surface area contributed by atoms with Gasteiger partial charge in [-0.25, -0.2) is 9.37 Å². The van der Waals surface area contributed by atoms with Gasteiger partial charge in [-0.05, 0) is 30.7 Å². The zero-order valence-electron chi connectivity index (χ0n) is 16.6. The van der Waals surface area contributed by atoms with Crippen molar-refractivity contribution in [3.8, 4) is 0 Å². The number of anilines is 1. The molecule has 2 aliphatic rings. The summed E-state index contributed by atoms with van der Waals surface area (Å²) in [6, 6.07) is 5.84. The maximum atomic E-state index is 13.2. The summed E-state index contributed by atoms with van der Waals surface area (Å²) >= 11 is 0. The Morgan fingerprint density at radius 2 is 1.97 bits per heavy atom. The number of hydrogen-bond acceptors (Lipinski definition) is 4. The average molecular weight is 399 g/mol. The Balaban J connectivity index is 1.35. The number of halogens is 1. The third-order valence-electron chi connectivity index (χ3n) is 5.80. The predicted molar refractivity (Wildman–Crippen MR) is 107 cm³/mol. The van der Waals surface area contributed by atoms with Gasteiger partial charge in [-0.1, -0.05) is 0 Å². The Morgan fingerprint density at radius 3 is 2.69 bits per heavy atom. The minimum Gasteiger partial charge on any atom is -0.341 e. The van der Waals surface area contributed by atoms with Crippen LogP contribution in [0.15, 0.2) is 36.7 Å². The first-order chi connectivity index (χ1) is 14.0. The molecule has 2 saturated heterocycles. The van der Waals surface area contributed by atoms with Gasteiger partial charge in [0.1, 0.15) is 11.6 Å². The normalized spacial score (nSPS) is 20.9. The van der Waals surface area contributed by atoms with Gasteiger partial charge in [0, 0.05) is 64.3 Å². The molecule has 29 heavy (non-hydrogen) atoms. The van der Waals surface area contributed by atoms with Crippen molar-refractivity contribution in [2.75, 3.05) is 37.6 Å². The van der Waals surface area contributed by atoms with Crippen molar-refractivity contribution in [2.45, 2.75) is 19.4 Å². The van der Waals surface area contributed by atoms with E-state index in [0.29, 0.717) is 25.3 Å². The quantitative estimate of drug-likeness (QED) is 0.784. The van der Waals surface area contributed by atoms with Gasteiger partial charge in [-0.3, -0.25) is 14.5 Å². The van der Waals surface area contributed by atoms with Gasteiger partial charge in [0.15, 0.2) is 0 Å². The van der Waals surface area contributed by atoms with Crippen LogP contribution in [0.1, 0.15) is 18.7 Å². The highest BCUT2D eigenvalue weighted by Gasteiger charge is 2.37. The number of rotatable bonds is 4. The first-order valence-corrected chi connectivity index (χ1v) is 10.0. The van der Waals surface area contributed by atoms with Crippen LogP contribution in [0.5, 0.6) is 0 Å². The molecular formula is C21H26FN5O2. The van der Waals surface area contributed by atoms with Gasteiger partial charge >= 0.3 is 0 Å². The third-order valence-corrected chi connectivity index (χ3v) is 5.80. The topological polar surface area (TPSA) is 61.7 Å². The molecule has 3 heterocycles. The van der Waals surface area contributed by atoms with Crippen molar-refractivity contribution in [3.63, 3.8) is 0 Å². The fourth-order valence-corrected chi connectivity index (χ4v) is 4.10. The number of aryl methyl sites for hydroxylation is 1. The highest BCUT2D eigenvalue weighted by atomic mass is 19.1. The molecule has 1 aromatic heterocycles. The first kappa shape index (κ1) is 19.6. The number of hydrogen-bond donors (Lipinski definition) is 0. The van der Waals surface area contributed by atoms with Crippen LogP contribution in [0, 0.1) is 11.7 Å². The van der Waals surface area contributed by atoms with Crippen molar-refractivity contribution in [2.24, 2.45) is 13.0 Å². The lowest BCUT2D eigenvalue weighted by molar-refractivity contribution is -0.135. The Labute approximate surface area is 169 Å². The van der Waals surface area contributed by atoms with E-state index in [2.05, 4.69) is 9.88 Å². The van der Waals surface area contributed by atoms with E-state index in [1.807, 2.05) is 22.7 Å². The number of benzene rings is 1. The molecule has 0 aliphatic carbocycles. The fourth-order valence-electron chi connectivity index (χ4n) is 4.10. The van der Waals surface area contributed by atoms with E-state index in [1.165, 1.54) is 12.1 Å². The highest BCUT2D eigenvalue weighted by Crippen LogP contribution is 2.27. The molecule has 0 radical (unpaired) electrons. The van der Waals surface area contributed by atoms with Crippen LogP contribution in [-0.2, 0) is 23.2 Å². The van der Waals surface area contributed by atoms with Crippen molar-refractivity contribution in [3.05, 3.63) is 48.3 Å². The Hall–Kier alpha value is -2.74. The zero-order valence-corrected chi connectivity index (χ0v) is 16.6. The van der Waals surface area contributed by atoms with Crippen LogP contribution < -0.4 is 4.90 Å². The average Bonchev–Trinajstić information content (AvgIpc) is 3.20. The maximum absolute atomic E-state index is 13.2. The van der Waals surface area contributed by atoms with E-state index >= 15 is 0 Å². The van der Waals surface area contributed by atoms with Crippen molar-refractivity contribution in [1.82, 2.24) is 19.4 Å². The van der Waals surface area contributed by atoms with E-state index < -0.39 is 0 Å². The van der Waals surface area contributed by atoms with Crippen LogP contribution in [0.25, 0.3) is 0 Å². The van der Waals surface area contributed by atoms with E-state index in [-0.39, 0.29) is 30.0 Å². The van der Waals surface area contributed by atoms with Gasteiger partial charge in [0.25, 0.3) is 0 Å². The number of carbonyl (C=O) groups excluding carboxylic acids is 2. The summed E-state index contributed by atoms with van der Waals surface area (Å²) < 4.78 is 15.2. The zero-order chi connectivity index (χ0) is 20.4. The summed E-state index contributed by atoms with van der Waals surface area (Å²) in [4.78, 5) is 35.7. The monoisotopic (exact) mass is 399 g/mol. The van der Waals surface area contributed by atoms with Gasteiger partial charge in [-0.15, -0.1) is 0 Å². The molecule has 1 unspecified atom stereocenters. The van der Waals surface area contributed by atoms with Crippen molar-refractivity contribution in [1.29, 1.82) is 0 Å². The summed E-state index contributed by atoms with van der Waals surface area (Å²) in [7, 11) is 1.99. The van der Waals surface area contributed by atoms with Gasteiger partial charge < -0.3 is 14.4 Å². The highest BCUT2D eigenvalue weighted by molar-refractivity contribution is 6.00. The molecule has 2 aromatic rings. The van der Waals surface area contributed by atoms with E-state index in [1.54, 1.807) is 23.2 Å². The first-order valence-electron chi connectivity index (χ1n) is 10.0. The lowest BCUT2D eigenvalue weighted by atomic mass is 10.1. The maximum Gasteiger partial charge on any atom is 0.228 e. The van der Waals surface area contributed by atoms with Crippen LogP contribution in [0.4, 0.5) is 10.1 Å². The lowest BCUT2D eigenvalue weighted by Crippen LogP contribution is -2.40. The molecule has 0 spiro atoms. The number of aromatic nitrogens is 2. The molecule has 0 saturated carbocycles. The molecule has 2 amide bonds.